The van der Waals surface area contributed by atoms with Gasteiger partial charge in [0, 0.05) is 6.42 Å². The van der Waals surface area contributed by atoms with Crippen molar-refractivity contribution in [2.75, 3.05) is 18.6 Å². The lowest BCUT2D eigenvalue weighted by Crippen LogP contribution is -2.53. The molecule has 0 bridgehead atoms. The SMILES string of the molecule is CCCC(C)(NC(=O)CC1CCS(=O)(=O)C1)C(=O)OC. The number of carbonyl (C=O) groups excluding carboxylic acids is 2. The molecule has 1 amide bonds. The summed E-state index contributed by atoms with van der Waals surface area (Å²) in [5.74, 6) is -0.721. The quantitative estimate of drug-likeness (QED) is 0.728. The smallest absolute Gasteiger partial charge is 0.331 e. The van der Waals surface area contributed by atoms with Crippen LogP contribution in [-0.2, 0) is 24.2 Å². The fraction of sp³-hybridized carbons (Fsp3) is 0.846. The van der Waals surface area contributed by atoms with Gasteiger partial charge in [-0.1, -0.05) is 13.3 Å². The number of esters is 1. The standard InChI is InChI=1S/C13H23NO5S/c1-4-6-13(2,12(16)19-3)14-11(15)8-10-5-7-20(17,18)9-10/h10H,4-9H2,1-3H3,(H,14,15). The number of carbonyl (C=O) groups is 2. The molecule has 1 saturated heterocycles. The van der Waals surface area contributed by atoms with Gasteiger partial charge in [-0.05, 0) is 25.7 Å². The van der Waals surface area contributed by atoms with Gasteiger partial charge in [0.1, 0.15) is 5.54 Å². The van der Waals surface area contributed by atoms with Gasteiger partial charge >= 0.3 is 5.97 Å². The third-order valence-corrected chi connectivity index (χ3v) is 5.44. The third-order valence-electron chi connectivity index (χ3n) is 3.60. The van der Waals surface area contributed by atoms with Crippen molar-refractivity contribution < 1.29 is 22.7 Å². The molecule has 6 nitrogen and oxygen atoms in total. The Bertz CT molecular complexity index is 473. The Kier molecular flexibility index (Phi) is 5.56. The Hall–Kier alpha value is -1.11. The van der Waals surface area contributed by atoms with Gasteiger partial charge in [0.15, 0.2) is 9.84 Å². The third kappa shape index (κ3) is 4.47. The molecule has 1 N–H and O–H groups in total. The Balaban J connectivity index is 2.61. The molecule has 20 heavy (non-hydrogen) atoms. The molecule has 2 atom stereocenters. The van der Waals surface area contributed by atoms with Crippen LogP contribution < -0.4 is 5.32 Å². The Morgan fingerprint density at radius 1 is 1.40 bits per heavy atom. The van der Waals surface area contributed by atoms with Crippen molar-refractivity contribution in [1.29, 1.82) is 0 Å². The van der Waals surface area contributed by atoms with Crippen LogP contribution in [0.15, 0.2) is 0 Å². The van der Waals surface area contributed by atoms with Gasteiger partial charge < -0.3 is 10.1 Å². The maximum Gasteiger partial charge on any atom is 0.331 e. The minimum Gasteiger partial charge on any atom is -0.467 e. The van der Waals surface area contributed by atoms with E-state index in [1.165, 1.54) is 7.11 Å². The van der Waals surface area contributed by atoms with Gasteiger partial charge in [-0.2, -0.15) is 0 Å². The fourth-order valence-electron chi connectivity index (χ4n) is 2.59. The number of sulfone groups is 1. The molecule has 1 heterocycles. The van der Waals surface area contributed by atoms with E-state index in [4.69, 9.17) is 4.74 Å². The van der Waals surface area contributed by atoms with Crippen LogP contribution in [-0.4, -0.2) is 44.4 Å². The molecule has 116 valence electrons. The molecule has 1 rings (SSSR count). The first kappa shape index (κ1) is 16.9. The molecular weight excluding hydrogens is 282 g/mol. The highest BCUT2D eigenvalue weighted by atomic mass is 32.2. The number of amides is 1. The highest BCUT2D eigenvalue weighted by Gasteiger charge is 2.36. The van der Waals surface area contributed by atoms with Gasteiger partial charge in [-0.25, -0.2) is 13.2 Å². The molecular formula is C13H23NO5S. The van der Waals surface area contributed by atoms with Crippen molar-refractivity contribution in [1.82, 2.24) is 5.32 Å². The van der Waals surface area contributed by atoms with Crippen LogP contribution in [0.5, 0.6) is 0 Å². The lowest BCUT2D eigenvalue weighted by Gasteiger charge is -2.28. The monoisotopic (exact) mass is 305 g/mol. The Morgan fingerprint density at radius 3 is 2.50 bits per heavy atom. The highest BCUT2D eigenvalue weighted by molar-refractivity contribution is 7.91. The van der Waals surface area contributed by atoms with Crippen LogP contribution in [0.4, 0.5) is 0 Å². The van der Waals surface area contributed by atoms with E-state index in [0.717, 1.165) is 6.42 Å². The molecule has 0 aliphatic carbocycles. The number of rotatable bonds is 6. The molecule has 0 radical (unpaired) electrons. The van der Waals surface area contributed by atoms with Crippen molar-refractivity contribution in [3.8, 4) is 0 Å². The number of hydrogen-bond donors (Lipinski definition) is 1. The number of ether oxygens (including phenoxy) is 1. The molecule has 1 aliphatic rings. The van der Waals surface area contributed by atoms with Crippen molar-refractivity contribution >= 4 is 21.7 Å². The maximum atomic E-state index is 12.0. The van der Waals surface area contributed by atoms with Crippen LogP contribution in [0.1, 0.15) is 39.5 Å². The van der Waals surface area contributed by atoms with Crippen LogP contribution >= 0.6 is 0 Å². The predicted molar refractivity (Wildman–Crippen MR) is 74.8 cm³/mol. The van der Waals surface area contributed by atoms with E-state index in [1.54, 1.807) is 6.92 Å². The molecule has 0 spiro atoms. The predicted octanol–water partition coefficient (Wildman–Crippen LogP) is 0.659. The van der Waals surface area contributed by atoms with Gasteiger partial charge in [-0.3, -0.25) is 4.79 Å². The van der Waals surface area contributed by atoms with Crippen molar-refractivity contribution in [3.63, 3.8) is 0 Å². The summed E-state index contributed by atoms with van der Waals surface area (Å²) in [6.45, 7) is 3.54. The summed E-state index contributed by atoms with van der Waals surface area (Å²) < 4.78 is 27.4. The molecule has 0 aromatic heterocycles. The summed E-state index contributed by atoms with van der Waals surface area (Å²) in [6, 6.07) is 0. The molecule has 1 fully saturated rings. The van der Waals surface area contributed by atoms with Crippen molar-refractivity contribution in [2.24, 2.45) is 5.92 Å². The molecule has 0 aromatic carbocycles. The summed E-state index contributed by atoms with van der Waals surface area (Å²) in [4.78, 5) is 23.8. The Morgan fingerprint density at radius 2 is 2.05 bits per heavy atom. The second-order valence-electron chi connectivity index (χ2n) is 5.60. The topological polar surface area (TPSA) is 89.5 Å². The summed E-state index contributed by atoms with van der Waals surface area (Å²) in [5.41, 5.74) is -1.04. The molecule has 2 unspecified atom stereocenters. The minimum atomic E-state index is -2.99. The van der Waals surface area contributed by atoms with E-state index in [1.807, 2.05) is 6.92 Å². The van der Waals surface area contributed by atoms with Crippen LogP contribution in [0.25, 0.3) is 0 Å². The van der Waals surface area contributed by atoms with E-state index >= 15 is 0 Å². The number of nitrogens with one attached hydrogen (secondary N) is 1. The van der Waals surface area contributed by atoms with Gasteiger partial charge in [0.25, 0.3) is 0 Å². The number of methoxy groups -OCH3 is 1. The zero-order valence-corrected chi connectivity index (χ0v) is 13.1. The summed E-state index contributed by atoms with van der Waals surface area (Å²) in [7, 11) is -1.70. The first-order valence-corrected chi connectivity index (χ1v) is 8.64. The zero-order chi connectivity index (χ0) is 15.4. The second-order valence-corrected chi connectivity index (χ2v) is 7.82. The van der Waals surface area contributed by atoms with Crippen LogP contribution in [0.3, 0.4) is 0 Å². The van der Waals surface area contributed by atoms with Gasteiger partial charge in [-0.15, -0.1) is 0 Å². The van der Waals surface area contributed by atoms with Gasteiger partial charge in [0.05, 0.1) is 18.6 Å². The lowest BCUT2D eigenvalue weighted by molar-refractivity contribution is -0.150. The normalized spacial score (nSPS) is 23.9. The first-order valence-electron chi connectivity index (χ1n) is 6.82. The van der Waals surface area contributed by atoms with E-state index in [-0.39, 0.29) is 29.8 Å². The highest BCUT2D eigenvalue weighted by Crippen LogP contribution is 2.22. The average Bonchev–Trinajstić information content (AvgIpc) is 2.67. The lowest BCUT2D eigenvalue weighted by atomic mass is 9.95. The molecule has 7 heteroatoms. The molecule has 1 aliphatic heterocycles. The second kappa shape index (κ2) is 6.56. The molecule has 0 aromatic rings. The van der Waals surface area contributed by atoms with E-state index in [2.05, 4.69) is 5.32 Å². The summed E-state index contributed by atoms with van der Waals surface area (Å²) in [6.07, 6.45) is 1.85. The summed E-state index contributed by atoms with van der Waals surface area (Å²) >= 11 is 0. The fourth-order valence-corrected chi connectivity index (χ4v) is 4.46. The largest absolute Gasteiger partial charge is 0.467 e. The molecule has 0 saturated carbocycles. The number of hydrogen-bond acceptors (Lipinski definition) is 5. The van der Waals surface area contributed by atoms with Crippen molar-refractivity contribution in [3.05, 3.63) is 0 Å². The van der Waals surface area contributed by atoms with Crippen LogP contribution in [0, 0.1) is 5.92 Å². The Labute approximate surface area is 120 Å². The zero-order valence-electron chi connectivity index (χ0n) is 12.3. The van der Waals surface area contributed by atoms with E-state index in [0.29, 0.717) is 12.8 Å². The van der Waals surface area contributed by atoms with Crippen LogP contribution in [0.2, 0.25) is 0 Å². The van der Waals surface area contributed by atoms with E-state index < -0.39 is 21.3 Å². The van der Waals surface area contributed by atoms with E-state index in [9.17, 15) is 18.0 Å². The maximum absolute atomic E-state index is 12.0. The summed E-state index contributed by atoms with van der Waals surface area (Å²) in [5, 5.41) is 2.69. The van der Waals surface area contributed by atoms with Gasteiger partial charge in [0.2, 0.25) is 5.91 Å². The van der Waals surface area contributed by atoms with Crippen molar-refractivity contribution in [2.45, 2.75) is 45.1 Å². The first-order chi connectivity index (χ1) is 9.22. The minimum absolute atomic E-state index is 0.0587. The average molecular weight is 305 g/mol.